The van der Waals surface area contributed by atoms with E-state index < -0.39 is 36.0 Å². The van der Waals surface area contributed by atoms with Gasteiger partial charge in [0.2, 0.25) is 0 Å². The van der Waals surface area contributed by atoms with Crippen LogP contribution >= 0.6 is 0 Å². The summed E-state index contributed by atoms with van der Waals surface area (Å²) in [6, 6.07) is 0. The van der Waals surface area contributed by atoms with E-state index in [4.69, 9.17) is 14.2 Å². The lowest BCUT2D eigenvalue weighted by Gasteiger charge is -2.29. The lowest BCUT2D eigenvalue weighted by Crippen LogP contribution is -2.41. The van der Waals surface area contributed by atoms with Gasteiger partial charge in [-0.2, -0.15) is 0 Å². The first-order valence-corrected chi connectivity index (χ1v) is 10.4. The summed E-state index contributed by atoms with van der Waals surface area (Å²) in [7, 11) is 2.68. The molecule has 0 aromatic rings. The molecule has 0 amide bonds. The van der Waals surface area contributed by atoms with Crippen molar-refractivity contribution in [2.45, 2.75) is 39.9 Å². The van der Waals surface area contributed by atoms with Crippen LogP contribution in [0.15, 0.2) is 69.4 Å². The molecule has 5 nitrogen and oxygen atoms in total. The van der Waals surface area contributed by atoms with Crippen LogP contribution in [0.2, 0.25) is 0 Å². The first-order chi connectivity index (χ1) is 14.3. The number of rotatable bonds is 3. The molecule has 4 aliphatic rings. The maximum absolute atomic E-state index is 12.7. The second-order valence-electron chi connectivity index (χ2n) is 8.56. The van der Waals surface area contributed by atoms with Gasteiger partial charge in [0.05, 0.1) is 26.4 Å². The highest BCUT2D eigenvalue weighted by atomic mass is 16.6. The zero-order valence-electron chi connectivity index (χ0n) is 18.3. The highest BCUT2D eigenvalue weighted by Crippen LogP contribution is 2.54. The Hall–Kier alpha value is -2.66. The Balaban J connectivity index is 1.94. The second-order valence-corrected chi connectivity index (χ2v) is 8.56. The van der Waals surface area contributed by atoms with Crippen LogP contribution < -0.4 is 0 Å². The van der Waals surface area contributed by atoms with Crippen molar-refractivity contribution in [1.29, 1.82) is 0 Å². The van der Waals surface area contributed by atoms with Crippen molar-refractivity contribution in [3.8, 4) is 0 Å². The van der Waals surface area contributed by atoms with Gasteiger partial charge in [0.1, 0.15) is 11.8 Å². The standard InChI is InChI=1S/C25H28O5/c1-12(2)15-9-7-14(4)18-17(11-15)13(3)8-10-16-19(18)23-21(25(27)29-6)20(22(16)30-23)24(26)28-5/h7-12,20-23H,1-6H3/t20-,21+,22?,23?/m0/s1. The van der Waals surface area contributed by atoms with Crippen molar-refractivity contribution < 1.29 is 23.8 Å². The lowest BCUT2D eigenvalue weighted by atomic mass is 9.71. The number of methoxy groups -OCH3 is 2. The van der Waals surface area contributed by atoms with Crippen LogP contribution in [-0.2, 0) is 23.8 Å². The predicted octanol–water partition coefficient (Wildman–Crippen LogP) is 4.00. The molecular formula is C25H28O5. The minimum atomic E-state index is -0.722. The predicted molar refractivity (Wildman–Crippen MR) is 113 cm³/mol. The summed E-state index contributed by atoms with van der Waals surface area (Å²) < 4.78 is 16.3. The minimum Gasteiger partial charge on any atom is -0.469 e. The van der Waals surface area contributed by atoms with Crippen LogP contribution in [-0.4, -0.2) is 38.4 Å². The van der Waals surface area contributed by atoms with E-state index >= 15 is 0 Å². The molecule has 2 heterocycles. The highest BCUT2D eigenvalue weighted by molar-refractivity contribution is 5.87. The van der Waals surface area contributed by atoms with Crippen molar-refractivity contribution in [3.63, 3.8) is 0 Å². The molecule has 2 saturated heterocycles. The summed E-state index contributed by atoms with van der Waals surface area (Å²) in [6.07, 6.45) is 9.58. The summed E-state index contributed by atoms with van der Waals surface area (Å²) in [5.41, 5.74) is 7.67. The Kier molecular flexibility index (Phi) is 5.18. The zero-order valence-corrected chi connectivity index (χ0v) is 18.3. The van der Waals surface area contributed by atoms with Gasteiger partial charge in [0.25, 0.3) is 0 Å². The third-order valence-corrected chi connectivity index (χ3v) is 6.56. The van der Waals surface area contributed by atoms with Gasteiger partial charge in [0, 0.05) is 0 Å². The molecule has 5 heteroatoms. The third-order valence-electron chi connectivity index (χ3n) is 6.56. The van der Waals surface area contributed by atoms with Crippen LogP contribution in [0.4, 0.5) is 0 Å². The Bertz CT molecular complexity index is 999. The molecule has 0 N–H and O–H groups in total. The first-order valence-electron chi connectivity index (χ1n) is 10.4. The van der Waals surface area contributed by atoms with Crippen molar-refractivity contribution in [1.82, 2.24) is 0 Å². The van der Waals surface area contributed by atoms with Gasteiger partial charge in [-0.25, -0.2) is 0 Å². The molecule has 0 aromatic heterocycles. The van der Waals surface area contributed by atoms with Gasteiger partial charge in [-0.05, 0) is 58.8 Å². The Labute approximate surface area is 177 Å². The van der Waals surface area contributed by atoms with E-state index in [0.29, 0.717) is 5.92 Å². The molecule has 0 aromatic carbocycles. The molecule has 4 rings (SSSR count). The van der Waals surface area contributed by atoms with E-state index in [1.165, 1.54) is 19.8 Å². The van der Waals surface area contributed by atoms with Crippen LogP contribution in [0, 0.1) is 17.8 Å². The molecule has 2 aliphatic carbocycles. The molecule has 0 spiro atoms. The molecule has 0 radical (unpaired) electrons. The molecule has 158 valence electrons. The number of hydrogen-bond donors (Lipinski definition) is 0. The van der Waals surface area contributed by atoms with Gasteiger partial charge in [-0.3, -0.25) is 9.59 Å². The van der Waals surface area contributed by atoms with E-state index in [9.17, 15) is 9.59 Å². The maximum atomic E-state index is 12.7. The third kappa shape index (κ3) is 2.95. The van der Waals surface area contributed by atoms with Crippen LogP contribution in [0.5, 0.6) is 0 Å². The molecule has 4 atom stereocenters. The normalized spacial score (nSPS) is 29.6. The number of hydrogen-bond acceptors (Lipinski definition) is 5. The first kappa shape index (κ1) is 20.6. The fraction of sp³-hybridized carbons (Fsp3) is 0.440. The summed E-state index contributed by atoms with van der Waals surface area (Å²) >= 11 is 0. The van der Waals surface area contributed by atoms with Gasteiger partial charge >= 0.3 is 11.9 Å². The molecule has 0 saturated carbocycles. The quantitative estimate of drug-likeness (QED) is 0.661. The number of carbonyl (C=O) groups excluding carboxylic acids is 2. The van der Waals surface area contributed by atoms with E-state index in [1.54, 1.807) is 0 Å². The molecular weight excluding hydrogens is 380 g/mol. The van der Waals surface area contributed by atoms with Crippen molar-refractivity contribution in [3.05, 3.63) is 69.4 Å². The maximum Gasteiger partial charge on any atom is 0.312 e. The van der Waals surface area contributed by atoms with Crippen molar-refractivity contribution >= 4 is 11.9 Å². The summed E-state index contributed by atoms with van der Waals surface area (Å²) in [6.45, 7) is 8.54. The smallest absolute Gasteiger partial charge is 0.312 e. The Morgan fingerprint density at radius 2 is 1.50 bits per heavy atom. The number of carbonyl (C=O) groups is 2. The van der Waals surface area contributed by atoms with Crippen LogP contribution in [0.1, 0.15) is 27.7 Å². The van der Waals surface area contributed by atoms with E-state index in [2.05, 4.69) is 52.0 Å². The van der Waals surface area contributed by atoms with E-state index in [-0.39, 0.29) is 0 Å². The number of fused-ring (bicyclic) bond motifs is 6. The summed E-state index contributed by atoms with van der Waals surface area (Å²) in [4.78, 5) is 25.3. The molecule has 30 heavy (non-hydrogen) atoms. The molecule has 2 fully saturated rings. The minimum absolute atomic E-state index is 0.386. The van der Waals surface area contributed by atoms with Crippen molar-refractivity contribution in [2.24, 2.45) is 17.8 Å². The van der Waals surface area contributed by atoms with Gasteiger partial charge < -0.3 is 14.2 Å². The molecule has 2 bridgehead atoms. The summed E-state index contributed by atoms with van der Waals surface area (Å²) in [5.74, 6) is -1.93. The molecule has 2 unspecified atom stereocenters. The fourth-order valence-electron chi connectivity index (χ4n) is 4.96. The largest absolute Gasteiger partial charge is 0.469 e. The lowest BCUT2D eigenvalue weighted by molar-refractivity contribution is -0.156. The Morgan fingerprint density at radius 3 is 2.10 bits per heavy atom. The number of ether oxygens (including phenoxy) is 3. The average molecular weight is 408 g/mol. The monoisotopic (exact) mass is 408 g/mol. The van der Waals surface area contributed by atoms with Crippen LogP contribution in [0.25, 0.3) is 0 Å². The average Bonchev–Trinajstić information content (AvgIpc) is 3.17. The number of esters is 2. The highest BCUT2D eigenvalue weighted by Gasteiger charge is 2.61. The number of allylic oxidation sites excluding steroid dienone is 10. The van der Waals surface area contributed by atoms with Crippen molar-refractivity contribution in [2.75, 3.05) is 14.2 Å². The topological polar surface area (TPSA) is 61.8 Å². The SMILES string of the molecule is COC(=O)[C@@H]1C2OC(C3=C4C(C)=CC=C(C(C)C)C=C4C(C)=CC=C32)[C@@H]1C(=O)OC. The van der Waals surface area contributed by atoms with E-state index in [1.807, 2.05) is 6.08 Å². The molecule has 2 aliphatic heterocycles. The Morgan fingerprint density at radius 1 is 0.900 bits per heavy atom. The second kappa shape index (κ2) is 7.55. The fourth-order valence-corrected chi connectivity index (χ4v) is 4.96. The zero-order chi connectivity index (χ0) is 21.7. The van der Waals surface area contributed by atoms with E-state index in [0.717, 1.165) is 33.4 Å². The van der Waals surface area contributed by atoms with Gasteiger partial charge in [-0.1, -0.05) is 44.2 Å². The van der Waals surface area contributed by atoms with Gasteiger partial charge in [0.15, 0.2) is 0 Å². The van der Waals surface area contributed by atoms with Crippen LogP contribution in [0.3, 0.4) is 0 Å². The summed E-state index contributed by atoms with van der Waals surface area (Å²) in [5, 5.41) is 0. The van der Waals surface area contributed by atoms with Gasteiger partial charge in [-0.15, -0.1) is 0 Å².